The van der Waals surface area contributed by atoms with Crippen molar-refractivity contribution in [2.24, 2.45) is 0 Å². The Labute approximate surface area is 211 Å². The molecule has 5 rings (SSSR count). The topological polar surface area (TPSA) is 73.0 Å². The fourth-order valence-electron chi connectivity index (χ4n) is 4.76. The summed E-state index contributed by atoms with van der Waals surface area (Å²) in [6, 6.07) is 22.3. The van der Waals surface area contributed by atoms with Crippen LogP contribution in [0.25, 0.3) is 0 Å². The SMILES string of the molecule is CN1CCN(Cc2cccc(CNC(=O)c3cccc(CN4C(=O)c5ccccc5C4=O)c3)c2)CC1. The molecule has 184 valence electrons. The lowest BCUT2D eigenvalue weighted by Gasteiger charge is -2.32. The molecule has 0 spiro atoms. The Morgan fingerprint density at radius 3 is 2.06 bits per heavy atom. The lowest BCUT2D eigenvalue weighted by molar-refractivity contribution is 0.0642. The molecule has 1 saturated heterocycles. The van der Waals surface area contributed by atoms with Crippen LogP contribution in [0.5, 0.6) is 0 Å². The van der Waals surface area contributed by atoms with Crippen LogP contribution in [-0.4, -0.2) is 65.6 Å². The first-order valence-corrected chi connectivity index (χ1v) is 12.3. The molecule has 2 heterocycles. The monoisotopic (exact) mass is 482 g/mol. The molecule has 0 saturated carbocycles. The number of carbonyl (C=O) groups is 3. The zero-order chi connectivity index (χ0) is 25.1. The molecule has 1 fully saturated rings. The lowest BCUT2D eigenvalue weighted by Crippen LogP contribution is -2.43. The van der Waals surface area contributed by atoms with Gasteiger partial charge >= 0.3 is 0 Å². The molecule has 0 aromatic heterocycles. The molecule has 0 bridgehead atoms. The number of hydrogen-bond acceptors (Lipinski definition) is 5. The van der Waals surface area contributed by atoms with Crippen molar-refractivity contribution in [2.75, 3.05) is 33.2 Å². The maximum atomic E-state index is 12.9. The third kappa shape index (κ3) is 5.22. The van der Waals surface area contributed by atoms with E-state index in [1.807, 2.05) is 18.2 Å². The molecule has 0 aliphatic carbocycles. The summed E-state index contributed by atoms with van der Waals surface area (Å²) in [5.41, 5.74) is 4.37. The van der Waals surface area contributed by atoms with Gasteiger partial charge in [-0.1, -0.05) is 48.5 Å². The molecule has 1 N–H and O–H groups in total. The van der Waals surface area contributed by atoms with E-state index < -0.39 is 0 Å². The van der Waals surface area contributed by atoms with Crippen molar-refractivity contribution >= 4 is 17.7 Å². The van der Waals surface area contributed by atoms with Crippen molar-refractivity contribution in [3.05, 3.63) is 106 Å². The summed E-state index contributed by atoms with van der Waals surface area (Å²) in [5, 5.41) is 3.00. The third-order valence-electron chi connectivity index (χ3n) is 6.85. The highest BCUT2D eigenvalue weighted by Gasteiger charge is 2.35. The number of carbonyl (C=O) groups excluding carboxylic acids is 3. The van der Waals surface area contributed by atoms with Gasteiger partial charge in [-0.2, -0.15) is 0 Å². The first kappa shape index (κ1) is 23.9. The van der Waals surface area contributed by atoms with E-state index in [2.05, 4.69) is 34.3 Å². The number of piperazine rings is 1. The summed E-state index contributed by atoms with van der Waals surface area (Å²) in [5.74, 6) is -0.799. The lowest BCUT2D eigenvalue weighted by atomic mass is 10.1. The minimum Gasteiger partial charge on any atom is -0.348 e. The Morgan fingerprint density at radius 1 is 0.750 bits per heavy atom. The molecule has 0 radical (unpaired) electrons. The van der Waals surface area contributed by atoms with Crippen molar-refractivity contribution in [3.63, 3.8) is 0 Å². The molecule has 7 nitrogen and oxygen atoms in total. The molecular formula is C29H30N4O3. The largest absolute Gasteiger partial charge is 0.348 e. The number of rotatable bonds is 7. The first-order valence-electron chi connectivity index (χ1n) is 12.3. The van der Waals surface area contributed by atoms with Gasteiger partial charge in [-0.25, -0.2) is 0 Å². The number of imide groups is 1. The summed E-state index contributed by atoms with van der Waals surface area (Å²) in [7, 11) is 2.15. The number of benzene rings is 3. The van der Waals surface area contributed by atoms with Gasteiger partial charge in [0.25, 0.3) is 17.7 Å². The second-order valence-corrected chi connectivity index (χ2v) is 9.52. The number of amides is 3. The van der Waals surface area contributed by atoms with Crippen LogP contribution in [0.4, 0.5) is 0 Å². The highest BCUT2D eigenvalue weighted by atomic mass is 16.2. The molecule has 2 aliphatic rings. The zero-order valence-electron chi connectivity index (χ0n) is 20.4. The van der Waals surface area contributed by atoms with Gasteiger partial charge in [-0.3, -0.25) is 24.2 Å². The molecule has 0 atom stereocenters. The Kier molecular flexibility index (Phi) is 6.93. The van der Waals surface area contributed by atoms with E-state index in [4.69, 9.17) is 0 Å². The fraction of sp³-hybridized carbons (Fsp3) is 0.276. The maximum absolute atomic E-state index is 12.9. The predicted molar refractivity (Wildman–Crippen MR) is 137 cm³/mol. The highest BCUT2D eigenvalue weighted by molar-refractivity contribution is 6.21. The third-order valence-corrected chi connectivity index (χ3v) is 6.85. The fourth-order valence-corrected chi connectivity index (χ4v) is 4.76. The van der Waals surface area contributed by atoms with Gasteiger partial charge in [0.2, 0.25) is 0 Å². The van der Waals surface area contributed by atoms with Crippen molar-refractivity contribution in [1.29, 1.82) is 0 Å². The molecule has 3 aromatic carbocycles. The van der Waals surface area contributed by atoms with Crippen molar-refractivity contribution in [3.8, 4) is 0 Å². The van der Waals surface area contributed by atoms with E-state index in [0.29, 0.717) is 23.2 Å². The first-order chi connectivity index (χ1) is 17.5. The summed E-state index contributed by atoms with van der Waals surface area (Å²) in [6.45, 7) is 5.77. The van der Waals surface area contributed by atoms with Crippen LogP contribution in [0, 0.1) is 0 Å². The molecule has 3 aromatic rings. The van der Waals surface area contributed by atoms with Gasteiger partial charge in [0.1, 0.15) is 0 Å². The number of nitrogens with zero attached hydrogens (tertiary/aromatic N) is 3. The summed E-state index contributed by atoms with van der Waals surface area (Å²) >= 11 is 0. The van der Waals surface area contributed by atoms with E-state index in [0.717, 1.165) is 43.9 Å². The minimum atomic E-state index is -0.304. The van der Waals surface area contributed by atoms with Crippen LogP contribution < -0.4 is 5.32 Å². The van der Waals surface area contributed by atoms with Crippen LogP contribution >= 0.6 is 0 Å². The standard InChI is InChI=1S/C29H30N4O3/c1-31-12-14-32(15-13-31)19-22-7-4-6-21(16-22)18-30-27(34)24-9-5-8-23(17-24)20-33-28(35)25-10-2-3-11-26(25)29(33)36/h2-11,16-17H,12-15,18-20H2,1H3,(H,30,34). The molecule has 2 aliphatic heterocycles. The molecular weight excluding hydrogens is 452 g/mol. The predicted octanol–water partition coefficient (Wildman–Crippen LogP) is 3.16. The number of hydrogen-bond donors (Lipinski definition) is 1. The second kappa shape index (κ2) is 10.4. The summed E-state index contributed by atoms with van der Waals surface area (Å²) in [4.78, 5) is 44.3. The van der Waals surface area contributed by atoms with E-state index in [-0.39, 0.29) is 24.3 Å². The zero-order valence-corrected chi connectivity index (χ0v) is 20.4. The number of fused-ring (bicyclic) bond motifs is 1. The Balaban J connectivity index is 1.19. The average Bonchev–Trinajstić information content (AvgIpc) is 3.14. The number of likely N-dealkylation sites (N-methyl/N-ethyl adjacent to an activating group) is 1. The molecule has 3 amide bonds. The van der Waals surface area contributed by atoms with E-state index in [1.54, 1.807) is 42.5 Å². The van der Waals surface area contributed by atoms with Crippen LogP contribution in [0.3, 0.4) is 0 Å². The van der Waals surface area contributed by atoms with Crippen LogP contribution in [-0.2, 0) is 19.6 Å². The van der Waals surface area contributed by atoms with E-state index in [1.165, 1.54) is 10.5 Å². The smallest absolute Gasteiger partial charge is 0.261 e. The number of nitrogens with one attached hydrogen (secondary N) is 1. The van der Waals surface area contributed by atoms with E-state index in [9.17, 15) is 14.4 Å². The van der Waals surface area contributed by atoms with Gasteiger partial charge in [0.05, 0.1) is 17.7 Å². The molecule has 0 unspecified atom stereocenters. The quantitative estimate of drug-likeness (QED) is 0.524. The molecule has 7 heteroatoms. The van der Waals surface area contributed by atoms with Crippen molar-refractivity contribution in [2.45, 2.75) is 19.6 Å². The van der Waals surface area contributed by atoms with Crippen LogP contribution in [0.15, 0.2) is 72.8 Å². The van der Waals surface area contributed by atoms with E-state index >= 15 is 0 Å². The van der Waals surface area contributed by atoms with Gasteiger partial charge in [0.15, 0.2) is 0 Å². The average molecular weight is 483 g/mol. The van der Waals surface area contributed by atoms with Crippen molar-refractivity contribution < 1.29 is 14.4 Å². The van der Waals surface area contributed by atoms with Gasteiger partial charge in [0, 0.05) is 44.8 Å². The van der Waals surface area contributed by atoms with Crippen molar-refractivity contribution in [1.82, 2.24) is 20.0 Å². The second-order valence-electron chi connectivity index (χ2n) is 9.52. The summed E-state index contributed by atoms with van der Waals surface area (Å²) < 4.78 is 0. The normalized spacial score (nSPS) is 16.3. The Bertz CT molecular complexity index is 1260. The van der Waals surface area contributed by atoms with Crippen LogP contribution in [0.1, 0.15) is 47.8 Å². The minimum absolute atomic E-state index is 0.127. The Hall–Kier alpha value is -3.81. The summed E-state index contributed by atoms with van der Waals surface area (Å²) in [6.07, 6.45) is 0. The highest BCUT2D eigenvalue weighted by Crippen LogP contribution is 2.24. The molecule has 36 heavy (non-hydrogen) atoms. The Morgan fingerprint density at radius 2 is 1.36 bits per heavy atom. The van der Waals surface area contributed by atoms with Gasteiger partial charge < -0.3 is 10.2 Å². The van der Waals surface area contributed by atoms with Crippen LogP contribution in [0.2, 0.25) is 0 Å². The maximum Gasteiger partial charge on any atom is 0.261 e. The van der Waals surface area contributed by atoms with Gasteiger partial charge in [-0.15, -0.1) is 0 Å². The van der Waals surface area contributed by atoms with Gasteiger partial charge in [-0.05, 0) is 48.0 Å².